The van der Waals surface area contributed by atoms with Crippen molar-refractivity contribution >= 4 is 46.4 Å². The number of carbonyl (C=O) groups is 4. The summed E-state index contributed by atoms with van der Waals surface area (Å²) in [6, 6.07) is 16.2. The number of aliphatic imine (C=N–C) groups is 1. The average molecular weight is 836 g/mol. The highest BCUT2D eigenvalue weighted by Gasteiger charge is 2.28. The molecule has 2 aromatic carbocycles. The number of rotatable bonds is 15. The van der Waals surface area contributed by atoms with E-state index in [0.29, 0.717) is 13.0 Å². The van der Waals surface area contributed by atoms with E-state index in [1.54, 1.807) is 18.3 Å². The second-order valence-electron chi connectivity index (χ2n) is 16.0. The molecule has 0 bridgehead atoms. The second-order valence-corrected chi connectivity index (χ2v) is 17.2. The zero-order valence-corrected chi connectivity index (χ0v) is 36.8. The van der Waals surface area contributed by atoms with Crippen molar-refractivity contribution in [3.63, 3.8) is 0 Å². The minimum atomic E-state index is -0.637. The second kappa shape index (κ2) is 21.4. The first-order chi connectivity index (χ1) is 29.0. The average Bonchev–Trinajstić information content (AvgIpc) is 3.69. The number of thiophene rings is 1. The van der Waals surface area contributed by atoms with Crippen molar-refractivity contribution in [3.8, 4) is 5.00 Å². The van der Waals surface area contributed by atoms with E-state index in [1.807, 2.05) is 19.1 Å². The maximum atomic E-state index is 12.5. The van der Waals surface area contributed by atoms with Crippen LogP contribution in [0.1, 0.15) is 110 Å². The Bertz CT molecular complexity index is 2150. The lowest BCUT2D eigenvalue weighted by molar-refractivity contribution is -0.137. The number of anilines is 1. The molecule has 0 radical (unpaired) electrons. The van der Waals surface area contributed by atoms with Gasteiger partial charge in [0.1, 0.15) is 23.4 Å². The van der Waals surface area contributed by atoms with E-state index in [9.17, 15) is 19.2 Å². The maximum absolute atomic E-state index is 12.5. The van der Waals surface area contributed by atoms with Crippen LogP contribution in [0.4, 0.5) is 5.69 Å². The summed E-state index contributed by atoms with van der Waals surface area (Å²) in [7, 11) is 0. The van der Waals surface area contributed by atoms with Gasteiger partial charge in [0, 0.05) is 67.8 Å². The monoisotopic (exact) mass is 835 g/mol. The third-order valence-corrected chi connectivity index (χ3v) is 12.8. The fourth-order valence-corrected chi connectivity index (χ4v) is 9.19. The van der Waals surface area contributed by atoms with Crippen LogP contribution < -0.4 is 20.9 Å². The number of carbonyl (C=O) groups excluding carboxylic acids is 4. The minimum Gasteiger partial charge on any atom is -0.369 e. The molecule has 3 aliphatic rings. The number of piperidine rings is 1. The number of unbranched alkanes of at least 4 members (excludes halogenated alkanes) is 5. The van der Waals surface area contributed by atoms with Crippen LogP contribution >= 0.6 is 11.3 Å². The molecule has 0 aliphatic carbocycles. The summed E-state index contributed by atoms with van der Waals surface area (Å²) in [6.45, 7) is 16.6. The number of nitrogens with zero attached hydrogens (tertiary/aromatic N) is 6. The van der Waals surface area contributed by atoms with Gasteiger partial charge in [-0.3, -0.25) is 39.0 Å². The molecule has 7 rings (SSSR count). The molecule has 2 aromatic heterocycles. The first kappa shape index (κ1) is 44.3. The van der Waals surface area contributed by atoms with Crippen molar-refractivity contribution in [1.29, 1.82) is 0 Å². The summed E-state index contributed by atoms with van der Waals surface area (Å²) in [5.41, 5.74) is 8.15. The van der Waals surface area contributed by atoms with Crippen molar-refractivity contribution in [2.24, 2.45) is 4.99 Å². The number of imide groups is 1. The van der Waals surface area contributed by atoms with Gasteiger partial charge in [-0.2, -0.15) is 0 Å². The Morgan fingerprint density at radius 3 is 2.35 bits per heavy atom. The normalized spacial score (nSPS) is 16.4. The lowest BCUT2D eigenvalue weighted by Crippen LogP contribution is -2.52. The first-order valence-electron chi connectivity index (χ1n) is 21.6. The summed E-state index contributed by atoms with van der Waals surface area (Å²) < 4.78 is 2.16. The molecular formula is C46H61N9O4S. The third kappa shape index (κ3) is 11.7. The number of piperazine rings is 1. The number of hydrogen-bond donors (Lipinski definition) is 3. The zero-order chi connectivity index (χ0) is 42.6. The molecule has 5 heterocycles. The van der Waals surface area contributed by atoms with Crippen LogP contribution in [0.15, 0.2) is 53.5 Å². The van der Waals surface area contributed by atoms with Crippen molar-refractivity contribution in [2.45, 2.75) is 111 Å². The number of aryl methyl sites for hydroxylation is 3. The fraction of sp³-hybridized carbons (Fsp3) is 0.500. The number of amides is 4. The van der Waals surface area contributed by atoms with Crippen molar-refractivity contribution < 1.29 is 19.2 Å². The largest absolute Gasteiger partial charge is 0.369 e. The van der Waals surface area contributed by atoms with Gasteiger partial charge >= 0.3 is 0 Å². The van der Waals surface area contributed by atoms with Crippen LogP contribution in [0, 0.1) is 20.8 Å². The number of nitrogens with one attached hydrogen (secondary N) is 3. The predicted molar refractivity (Wildman–Crippen MR) is 238 cm³/mol. The third-order valence-electron chi connectivity index (χ3n) is 11.6. The van der Waals surface area contributed by atoms with Gasteiger partial charge in [-0.25, -0.2) is 0 Å². The standard InChI is InChI=1S/C27H41N5O4.C19H20N4S/c1-21(33)28-13-6-4-2-3-5-7-14-31-15-17-32(18-16-31)23-10-8-9-22(19-23)20-26(35)29-24-11-12-25(34)30-27(24)36;1-5-14-6-8-15(9-7-14)18-17-11(2)12(3)24-19(17)23-13(4)21-22-16(23)10-20-18/h8-10,19,24H,2-7,11-18,20H2,1H3,(H,28,33)(H,29,35)(H,30,34,36);6-9H,5,10H2,1-4H3. The molecule has 4 aromatic rings. The number of aromatic nitrogens is 3. The molecule has 2 saturated heterocycles. The van der Waals surface area contributed by atoms with Crippen molar-refractivity contribution in [3.05, 3.63) is 92.9 Å². The smallest absolute Gasteiger partial charge is 0.249 e. The van der Waals surface area contributed by atoms with Gasteiger partial charge in [0.05, 0.1) is 12.1 Å². The van der Waals surface area contributed by atoms with Gasteiger partial charge in [-0.1, -0.05) is 69.0 Å². The maximum Gasteiger partial charge on any atom is 0.249 e. The Morgan fingerprint density at radius 1 is 0.900 bits per heavy atom. The molecule has 3 N–H and O–H groups in total. The molecule has 320 valence electrons. The molecule has 1 atom stereocenters. The van der Waals surface area contributed by atoms with E-state index >= 15 is 0 Å². The Labute approximate surface area is 358 Å². The SMILES string of the molecule is CC(=O)NCCCCCCCCN1CCN(c2cccc(CC(=O)NC3CCC(=O)NC3=O)c2)CC1.CCc1ccc(C2=NCc3nnc(C)n3-c3sc(C)c(C)c32)cc1. The van der Waals surface area contributed by atoms with Gasteiger partial charge in [0.2, 0.25) is 23.6 Å². The Morgan fingerprint density at radius 2 is 1.63 bits per heavy atom. The van der Waals surface area contributed by atoms with Gasteiger partial charge in [-0.15, -0.1) is 21.5 Å². The molecular weight excluding hydrogens is 775 g/mol. The van der Waals surface area contributed by atoms with E-state index in [2.05, 4.69) is 97.7 Å². The van der Waals surface area contributed by atoms with Crippen LogP contribution in [0.5, 0.6) is 0 Å². The fourth-order valence-electron chi connectivity index (χ4n) is 7.97. The molecule has 0 spiro atoms. The zero-order valence-electron chi connectivity index (χ0n) is 35.9. The highest BCUT2D eigenvalue weighted by Crippen LogP contribution is 2.36. The van der Waals surface area contributed by atoms with Gasteiger partial charge in [0.25, 0.3) is 0 Å². The van der Waals surface area contributed by atoms with Crippen LogP contribution in [0.3, 0.4) is 0 Å². The molecule has 2 fully saturated rings. The summed E-state index contributed by atoms with van der Waals surface area (Å²) in [4.78, 5) is 57.6. The van der Waals surface area contributed by atoms with Crippen LogP contribution in [0.25, 0.3) is 5.00 Å². The first-order valence-corrected chi connectivity index (χ1v) is 22.4. The number of fused-ring (bicyclic) bond motifs is 3. The molecule has 13 nitrogen and oxygen atoms in total. The summed E-state index contributed by atoms with van der Waals surface area (Å²) in [6.07, 6.45) is 9.06. The van der Waals surface area contributed by atoms with Gasteiger partial charge < -0.3 is 15.5 Å². The van der Waals surface area contributed by atoms with E-state index in [0.717, 1.165) is 80.7 Å². The predicted octanol–water partition coefficient (Wildman–Crippen LogP) is 5.92. The molecule has 60 heavy (non-hydrogen) atoms. The van der Waals surface area contributed by atoms with E-state index in [1.165, 1.54) is 64.2 Å². The molecule has 4 amide bonds. The summed E-state index contributed by atoms with van der Waals surface area (Å²) >= 11 is 1.80. The Balaban J connectivity index is 0.000000217. The molecule has 0 saturated carbocycles. The molecule has 1 unspecified atom stereocenters. The number of hydrogen-bond acceptors (Lipinski definition) is 10. The van der Waals surface area contributed by atoms with Gasteiger partial charge in [0.15, 0.2) is 5.82 Å². The quantitative estimate of drug-likeness (QED) is 0.0987. The lowest BCUT2D eigenvalue weighted by atomic mass is 9.98. The van der Waals surface area contributed by atoms with Crippen LogP contribution in [-0.4, -0.2) is 94.3 Å². The Kier molecular flexibility index (Phi) is 15.8. The Hall–Kier alpha value is -5.21. The van der Waals surface area contributed by atoms with Crippen molar-refractivity contribution in [2.75, 3.05) is 44.2 Å². The van der Waals surface area contributed by atoms with Crippen molar-refractivity contribution in [1.82, 2.24) is 35.6 Å². The minimum absolute atomic E-state index is 0.0530. The molecule has 14 heteroatoms. The van der Waals surface area contributed by atoms with Crippen LogP contribution in [-0.2, 0) is 38.6 Å². The lowest BCUT2D eigenvalue weighted by Gasteiger charge is -2.36. The van der Waals surface area contributed by atoms with E-state index < -0.39 is 11.9 Å². The topological polar surface area (TPSA) is 154 Å². The number of benzene rings is 2. The van der Waals surface area contributed by atoms with E-state index in [-0.39, 0.29) is 30.6 Å². The highest BCUT2D eigenvalue weighted by molar-refractivity contribution is 7.15. The van der Waals surface area contributed by atoms with Gasteiger partial charge in [-0.05, 0) is 81.8 Å². The summed E-state index contributed by atoms with van der Waals surface area (Å²) in [5.74, 6) is 0.965. The highest BCUT2D eigenvalue weighted by atomic mass is 32.1. The molecule has 3 aliphatic heterocycles. The summed E-state index contributed by atoms with van der Waals surface area (Å²) in [5, 5.41) is 17.6. The van der Waals surface area contributed by atoms with E-state index in [4.69, 9.17) is 4.99 Å². The van der Waals surface area contributed by atoms with Crippen LogP contribution in [0.2, 0.25) is 0 Å².